The molecular formula is C40H47F4N5O5. The molecule has 3 aliphatic rings. The van der Waals surface area contributed by atoms with E-state index in [0.717, 1.165) is 30.0 Å². The predicted octanol–water partition coefficient (Wildman–Crippen LogP) is 6.06. The molecule has 6 rings (SSSR count). The Labute approximate surface area is 311 Å². The Morgan fingerprint density at radius 2 is 1.67 bits per heavy atom. The summed E-state index contributed by atoms with van der Waals surface area (Å²) in [6.07, 6.45) is 0.0934. The molecule has 0 spiro atoms. The minimum Gasteiger partial charge on any atom is -0.496 e. The lowest BCUT2D eigenvalue weighted by atomic mass is 9.85. The molecular weight excluding hydrogens is 706 g/mol. The largest absolute Gasteiger partial charge is 0.496 e. The first-order chi connectivity index (χ1) is 25.6. The second-order valence-corrected chi connectivity index (χ2v) is 14.9. The molecule has 54 heavy (non-hydrogen) atoms. The van der Waals surface area contributed by atoms with Crippen molar-refractivity contribution in [2.45, 2.75) is 83.5 Å². The number of nitrogens with zero attached hydrogens (tertiary/aromatic N) is 3. The lowest BCUT2D eigenvalue weighted by Gasteiger charge is -2.36. The summed E-state index contributed by atoms with van der Waals surface area (Å²) in [6.45, 7) is 6.04. The molecule has 3 aromatic rings. The van der Waals surface area contributed by atoms with Gasteiger partial charge in [-0.1, -0.05) is 6.07 Å². The van der Waals surface area contributed by atoms with Gasteiger partial charge in [-0.3, -0.25) is 29.4 Å². The maximum Gasteiger partial charge on any atom is 0.416 e. The third-order valence-corrected chi connectivity index (χ3v) is 11.4. The zero-order chi connectivity index (χ0) is 38.9. The van der Waals surface area contributed by atoms with Crippen molar-refractivity contribution in [1.29, 1.82) is 0 Å². The molecule has 1 unspecified atom stereocenters. The first kappa shape index (κ1) is 39.0. The van der Waals surface area contributed by atoms with Crippen LogP contribution in [-0.2, 0) is 34.2 Å². The van der Waals surface area contributed by atoms with E-state index in [2.05, 4.69) is 15.5 Å². The highest BCUT2D eigenvalue weighted by Crippen LogP contribution is 2.41. The number of carbonyl (C=O) groups excluding carboxylic acids is 3. The fourth-order valence-electron chi connectivity index (χ4n) is 8.04. The number of imide groups is 1. The molecule has 1 aromatic heterocycles. The number of benzene rings is 2. The van der Waals surface area contributed by atoms with Crippen molar-refractivity contribution in [3.63, 3.8) is 0 Å². The lowest BCUT2D eigenvalue weighted by molar-refractivity contribution is -0.139. The van der Waals surface area contributed by atoms with Crippen LogP contribution in [0.5, 0.6) is 5.75 Å². The molecule has 0 saturated carbocycles. The summed E-state index contributed by atoms with van der Waals surface area (Å²) in [4.78, 5) is 53.2. The van der Waals surface area contributed by atoms with Crippen LogP contribution in [0.25, 0.3) is 11.1 Å². The van der Waals surface area contributed by atoms with E-state index in [1.54, 1.807) is 31.1 Å². The van der Waals surface area contributed by atoms with E-state index >= 15 is 4.39 Å². The number of ether oxygens (including phenoxy) is 1. The van der Waals surface area contributed by atoms with Gasteiger partial charge < -0.3 is 19.5 Å². The number of nitrogens with one attached hydrogen (secondary N) is 2. The summed E-state index contributed by atoms with van der Waals surface area (Å²) in [5.74, 6) is -1.15. The highest BCUT2D eigenvalue weighted by Gasteiger charge is 2.38. The Kier molecular flexibility index (Phi) is 11.5. The maximum absolute atomic E-state index is 15.6. The second kappa shape index (κ2) is 15.9. The van der Waals surface area contributed by atoms with Crippen LogP contribution >= 0.6 is 0 Å². The molecule has 3 saturated heterocycles. The number of likely N-dealkylation sites (tertiary alicyclic amines) is 2. The van der Waals surface area contributed by atoms with Crippen LogP contribution in [0.4, 0.5) is 23.2 Å². The number of piperidine rings is 3. The average molecular weight is 754 g/mol. The van der Waals surface area contributed by atoms with Crippen molar-refractivity contribution >= 4 is 23.4 Å². The van der Waals surface area contributed by atoms with Crippen molar-refractivity contribution in [3.05, 3.63) is 80.5 Å². The van der Waals surface area contributed by atoms with Gasteiger partial charge in [0.2, 0.25) is 17.7 Å². The van der Waals surface area contributed by atoms with Gasteiger partial charge in [-0.25, -0.2) is 4.39 Å². The highest BCUT2D eigenvalue weighted by molar-refractivity contribution is 6.01. The van der Waals surface area contributed by atoms with Crippen LogP contribution in [0.3, 0.4) is 0 Å². The Morgan fingerprint density at radius 3 is 2.31 bits per heavy atom. The lowest BCUT2D eigenvalue weighted by Crippen LogP contribution is -2.47. The number of methoxy groups -OCH3 is 1. The minimum atomic E-state index is -4.61. The van der Waals surface area contributed by atoms with E-state index in [4.69, 9.17) is 4.74 Å². The molecule has 10 nitrogen and oxygen atoms in total. The zero-order valence-corrected chi connectivity index (χ0v) is 31.1. The molecule has 2 N–H and O–H groups in total. The summed E-state index contributed by atoms with van der Waals surface area (Å²) >= 11 is 0. The van der Waals surface area contributed by atoms with Crippen molar-refractivity contribution in [2.75, 3.05) is 38.6 Å². The molecule has 14 heteroatoms. The van der Waals surface area contributed by atoms with E-state index in [0.29, 0.717) is 74.4 Å². The number of halogens is 4. The molecule has 2 aromatic carbocycles. The van der Waals surface area contributed by atoms with Crippen molar-refractivity contribution < 1.29 is 36.7 Å². The number of rotatable bonds is 9. The quantitative estimate of drug-likeness (QED) is 0.202. The number of hydrogen-bond donors (Lipinski definition) is 2. The molecule has 3 fully saturated rings. The third kappa shape index (κ3) is 8.48. The molecule has 0 radical (unpaired) electrons. The molecule has 1 atom stereocenters. The summed E-state index contributed by atoms with van der Waals surface area (Å²) in [6, 6.07) is 6.51. The Bertz CT molecular complexity index is 1980. The van der Waals surface area contributed by atoms with E-state index in [-0.39, 0.29) is 47.4 Å². The van der Waals surface area contributed by atoms with E-state index in [9.17, 15) is 32.3 Å². The number of carbonyl (C=O) groups is 3. The summed E-state index contributed by atoms with van der Waals surface area (Å²) in [5.41, 5.74) is 2.70. The van der Waals surface area contributed by atoms with Crippen molar-refractivity contribution in [2.24, 2.45) is 13.0 Å². The van der Waals surface area contributed by atoms with Crippen molar-refractivity contribution in [1.82, 2.24) is 19.7 Å². The first-order valence-electron chi connectivity index (χ1n) is 18.5. The highest BCUT2D eigenvalue weighted by atomic mass is 19.4. The summed E-state index contributed by atoms with van der Waals surface area (Å²) in [7, 11) is 3.18. The number of alkyl halides is 3. The number of hydrogen-bond acceptors (Lipinski definition) is 7. The molecule has 0 aliphatic carbocycles. The second-order valence-electron chi connectivity index (χ2n) is 14.9. The van der Waals surface area contributed by atoms with Crippen LogP contribution < -0.4 is 20.9 Å². The monoisotopic (exact) mass is 753 g/mol. The van der Waals surface area contributed by atoms with Gasteiger partial charge in [-0.15, -0.1) is 0 Å². The van der Waals surface area contributed by atoms with Crippen LogP contribution in [0.15, 0.2) is 41.3 Å². The molecule has 4 heterocycles. The Morgan fingerprint density at radius 1 is 0.963 bits per heavy atom. The molecule has 3 aliphatic heterocycles. The van der Waals surface area contributed by atoms with Gasteiger partial charge in [0.05, 0.1) is 12.7 Å². The smallest absolute Gasteiger partial charge is 0.416 e. The van der Waals surface area contributed by atoms with Crippen LogP contribution in [0.1, 0.15) is 78.7 Å². The fraction of sp³-hybridized carbons (Fsp3) is 0.500. The minimum absolute atomic E-state index is 0.000947. The topological polar surface area (TPSA) is 113 Å². The van der Waals surface area contributed by atoms with E-state index in [1.165, 1.54) is 29.9 Å². The normalized spacial score (nSPS) is 19.2. The van der Waals surface area contributed by atoms with Gasteiger partial charge in [0, 0.05) is 68.1 Å². The van der Waals surface area contributed by atoms with Gasteiger partial charge in [-0.05, 0) is 112 Å². The van der Waals surface area contributed by atoms with Gasteiger partial charge in [-0.2, -0.15) is 13.2 Å². The van der Waals surface area contributed by atoms with E-state index in [1.807, 2.05) is 6.92 Å². The molecule has 0 bridgehead atoms. The molecule has 3 amide bonds. The van der Waals surface area contributed by atoms with Gasteiger partial charge >= 0.3 is 6.18 Å². The Hall–Kier alpha value is -4.72. The summed E-state index contributed by atoms with van der Waals surface area (Å²) in [5, 5.41) is 5.04. The predicted molar refractivity (Wildman–Crippen MR) is 196 cm³/mol. The van der Waals surface area contributed by atoms with Crippen molar-refractivity contribution in [3.8, 4) is 16.9 Å². The fourth-order valence-corrected chi connectivity index (χ4v) is 8.04. The Balaban J connectivity index is 1.01. The van der Waals surface area contributed by atoms with Gasteiger partial charge in [0.1, 0.15) is 17.6 Å². The number of anilines is 1. The van der Waals surface area contributed by atoms with Crippen LogP contribution in [0.2, 0.25) is 0 Å². The summed E-state index contributed by atoms with van der Waals surface area (Å²) < 4.78 is 65.5. The van der Waals surface area contributed by atoms with Gasteiger partial charge in [0.15, 0.2) is 0 Å². The van der Waals surface area contributed by atoms with Crippen LogP contribution in [0, 0.1) is 25.6 Å². The number of aromatic nitrogens is 1. The molecule has 290 valence electrons. The third-order valence-electron chi connectivity index (χ3n) is 11.4. The maximum atomic E-state index is 15.6. The average Bonchev–Trinajstić information content (AvgIpc) is 3.14. The van der Waals surface area contributed by atoms with Crippen LogP contribution in [-0.4, -0.2) is 71.4 Å². The van der Waals surface area contributed by atoms with E-state index < -0.39 is 35.4 Å². The number of aryl methyl sites for hydroxylation is 1. The first-order valence-corrected chi connectivity index (χ1v) is 18.5. The van der Waals surface area contributed by atoms with Gasteiger partial charge in [0.25, 0.3) is 5.56 Å². The zero-order valence-electron chi connectivity index (χ0n) is 31.1. The SMILES string of the molecule is COc1cc(-c2cn(C)c(=O)c(C)c2C)cc(F)c1CN1CCC(CC(=O)N2CCC(c3ccc(NC4CCC(=O)NC4=O)cc3C(F)(F)F)CC2)CC1. The standard InChI is InChI=1S/C40H47F4N5O5/c1-23-24(2)39(53)47(3)21-30(23)27-18-33(41)31(35(19-27)54-4)22-48-13-9-25(10-14-48)17-37(51)49-15-11-26(12-16-49)29-6-5-28(20-32(29)40(42,43)44)45-34-7-8-36(50)46-38(34)52/h5-6,18-21,25-26,34,45H,7-17,22H2,1-4H3,(H,46,50,52). The number of amides is 3. The number of pyridine rings is 1.